The molecule has 0 amide bonds. The summed E-state index contributed by atoms with van der Waals surface area (Å²) in [6.07, 6.45) is 5.09. The van der Waals surface area contributed by atoms with E-state index in [2.05, 4.69) is 45.0 Å². The lowest BCUT2D eigenvalue weighted by Crippen LogP contribution is -2.10. The highest BCUT2D eigenvalue weighted by Crippen LogP contribution is 2.16. The van der Waals surface area contributed by atoms with Gasteiger partial charge in [0.05, 0.1) is 6.61 Å². The maximum absolute atomic E-state index is 5.87. The van der Waals surface area contributed by atoms with Crippen molar-refractivity contribution in [2.75, 3.05) is 13.2 Å². The number of rotatable bonds is 10. The molecule has 2 atom stereocenters. The molecule has 0 radical (unpaired) electrons. The van der Waals surface area contributed by atoms with E-state index in [1.807, 2.05) is 0 Å². The van der Waals surface area contributed by atoms with Gasteiger partial charge < -0.3 is 10.5 Å². The van der Waals surface area contributed by atoms with E-state index >= 15 is 0 Å². The quantitative estimate of drug-likeness (QED) is 0.684. The van der Waals surface area contributed by atoms with Gasteiger partial charge in [0.15, 0.2) is 0 Å². The maximum Gasteiger partial charge on any atom is 0.0717 e. The molecule has 2 unspecified atom stereocenters. The minimum absolute atomic E-state index is 0.434. The average Bonchev–Trinajstić information content (AvgIpc) is 2.50. The summed E-state index contributed by atoms with van der Waals surface area (Å²) in [4.78, 5) is 0. The molecule has 0 spiro atoms. The predicted molar refractivity (Wildman–Crippen MR) is 86.9 cm³/mol. The van der Waals surface area contributed by atoms with Gasteiger partial charge in [-0.1, -0.05) is 64.3 Å². The first-order chi connectivity index (χ1) is 9.71. The van der Waals surface area contributed by atoms with Crippen LogP contribution < -0.4 is 5.73 Å². The summed E-state index contributed by atoms with van der Waals surface area (Å²) in [6, 6.07) is 8.66. The number of benzene rings is 1. The van der Waals surface area contributed by atoms with E-state index < -0.39 is 0 Å². The molecule has 0 bridgehead atoms. The van der Waals surface area contributed by atoms with Crippen molar-refractivity contribution in [2.45, 2.75) is 59.0 Å². The Morgan fingerprint density at radius 3 is 2.40 bits per heavy atom. The molecule has 0 aliphatic heterocycles. The summed E-state index contributed by atoms with van der Waals surface area (Å²) in [5, 5.41) is 0. The Labute approximate surface area is 124 Å². The second kappa shape index (κ2) is 9.95. The summed E-state index contributed by atoms with van der Waals surface area (Å²) in [7, 11) is 0. The molecule has 1 rings (SSSR count). The molecule has 0 saturated carbocycles. The zero-order valence-corrected chi connectivity index (χ0v) is 13.4. The second-order valence-electron chi connectivity index (χ2n) is 5.81. The van der Waals surface area contributed by atoms with E-state index in [9.17, 15) is 0 Å². The summed E-state index contributed by atoms with van der Waals surface area (Å²) in [5.74, 6) is 1.15. The van der Waals surface area contributed by atoms with Gasteiger partial charge in [0, 0.05) is 6.61 Å². The predicted octanol–water partition coefficient (Wildman–Crippen LogP) is 4.48. The van der Waals surface area contributed by atoms with Crippen molar-refractivity contribution >= 4 is 0 Å². The molecule has 0 fully saturated rings. The van der Waals surface area contributed by atoms with E-state index in [0.29, 0.717) is 18.4 Å². The van der Waals surface area contributed by atoms with E-state index in [1.165, 1.54) is 36.8 Å². The molecule has 2 N–H and O–H groups in total. The fourth-order valence-corrected chi connectivity index (χ4v) is 2.32. The Morgan fingerprint density at radius 1 is 1.15 bits per heavy atom. The van der Waals surface area contributed by atoms with Crippen molar-refractivity contribution in [1.29, 1.82) is 0 Å². The van der Waals surface area contributed by atoms with Gasteiger partial charge >= 0.3 is 0 Å². The summed E-state index contributed by atoms with van der Waals surface area (Å²) < 4.78 is 5.87. The first-order valence-corrected chi connectivity index (χ1v) is 8.07. The lowest BCUT2D eigenvalue weighted by atomic mass is 10.00. The van der Waals surface area contributed by atoms with E-state index in [-0.39, 0.29) is 0 Å². The van der Waals surface area contributed by atoms with Gasteiger partial charge in [-0.3, -0.25) is 0 Å². The third-order valence-corrected chi connectivity index (χ3v) is 4.07. The fourth-order valence-electron chi connectivity index (χ4n) is 2.32. The molecule has 1 aromatic carbocycles. The number of ether oxygens (including phenoxy) is 1. The van der Waals surface area contributed by atoms with Crippen molar-refractivity contribution in [3.05, 3.63) is 35.4 Å². The smallest absolute Gasteiger partial charge is 0.0717 e. The van der Waals surface area contributed by atoms with Crippen LogP contribution in [0.1, 0.15) is 63.5 Å². The van der Waals surface area contributed by atoms with Crippen LogP contribution in [-0.4, -0.2) is 13.2 Å². The molecule has 0 aromatic heterocycles. The van der Waals surface area contributed by atoms with Gasteiger partial charge in [-0.2, -0.15) is 0 Å². The minimum Gasteiger partial charge on any atom is -0.376 e. The van der Waals surface area contributed by atoms with Crippen LogP contribution >= 0.6 is 0 Å². The van der Waals surface area contributed by atoms with E-state index in [4.69, 9.17) is 10.5 Å². The first-order valence-electron chi connectivity index (χ1n) is 8.07. The van der Waals surface area contributed by atoms with Crippen LogP contribution in [0.15, 0.2) is 24.3 Å². The molecular formula is C18H31NO. The molecule has 0 saturated heterocycles. The highest BCUT2D eigenvalue weighted by Gasteiger charge is 2.06. The van der Waals surface area contributed by atoms with Gasteiger partial charge in [0.2, 0.25) is 0 Å². The van der Waals surface area contributed by atoms with Crippen LogP contribution in [0.4, 0.5) is 0 Å². The second-order valence-corrected chi connectivity index (χ2v) is 5.81. The molecule has 114 valence electrons. The molecule has 20 heavy (non-hydrogen) atoms. The normalized spacial score (nSPS) is 14.2. The summed E-state index contributed by atoms with van der Waals surface area (Å²) >= 11 is 0. The highest BCUT2D eigenvalue weighted by molar-refractivity contribution is 5.24. The molecule has 2 heteroatoms. The average molecular weight is 277 g/mol. The lowest BCUT2D eigenvalue weighted by molar-refractivity contribution is 0.0820. The molecule has 1 aromatic rings. The molecule has 0 aliphatic carbocycles. The molecule has 0 aliphatic rings. The fraction of sp³-hybridized carbons (Fsp3) is 0.667. The molecule has 0 heterocycles. The Hall–Kier alpha value is -0.860. The lowest BCUT2D eigenvalue weighted by Gasteiger charge is -2.15. The van der Waals surface area contributed by atoms with Crippen LogP contribution in [0.3, 0.4) is 0 Å². The molecular weight excluding hydrogens is 246 g/mol. The van der Waals surface area contributed by atoms with Gasteiger partial charge in [-0.25, -0.2) is 0 Å². The van der Waals surface area contributed by atoms with Crippen molar-refractivity contribution in [2.24, 2.45) is 11.7 Å². The Balaban J connectivity index is 2.34. The third-order valence-electron chi connectivity index (χ3n) is 4.07. The number of unbranched alkanes of at least 4 members (excludes halogenated alkanes) is 1. The zero-order valence-electron chi connectivity index (χ0n) is 13.4. The third kappa shape index (κ3) is 6.06. The Kier molecular flexibility index (Phi) is 8.56. The monoisotopic (exact) mass is 277 g/mol. The SMILES string of the molecule is CCCCC(CC)COCc1ccc(C(C)CN)cc1. The number of hydrogen-bond donors (Lipinski definition) is 1. The maximum atomic E-state index is 5.87. The van der Waals surface area contributed by atoms with E-state index in [1.54, 1.807) is 0 Å². The number of nitrogens with two attached hydrogens (primary N) is 1. The zero-order chi connectivity index (χ0) is 14.8. The van der Waals surface area contributed by atoms with Gasteiger partial charge in [0.1, 0.15) is 0 Å². The van der Waals surface area contributed by atoms with Gasteiger partial charge in [-0.05, 0) is 35.9 Å². The van der Waals surface area contributed by atoms with Crippen LogP contribution in [0, 0.1) is 5.92 Å². The summed E-state index contributed by atoms with van der Waals surface area (Å²) in [6.45, 7) is 8.97. The highest BCUT2D eigenvalue weighted by atomic mass is 16.5. The molecule has 2 nitrogen and oxygen atoms in total. The van der Waals surface area contributed by atoms with Crippen LogP contribution in [-0.2, 0) is 11.3 Å². The topological polar surface area (TPSA) is 35.2 Å². The minimum atomic E-state index is 0.434. The number of hydrogen-bond acceptors (Lipinski definition) is 2. The van der Waals surface area contributed by atoms with Crippen LogP contribution in [0.5, 0.6) is 0 Å². The van der Waals surface area contributed by atoms with Crippen molar-refractivity contribution in [1.82, 2.24) is 0 Å². The van der Waals surface area contributed by atoms with Crippen molar-refractivity contribution in [3.8, 4) is 0 Å². The van der Waals surface area contributed by atoms with Crippen LogP contribution in [0.2, 0.25) is 0 Å². The largest absolute Gasteiger partial charge is 0.376 e. The van der Waals surface area contributed by atoms with Gasteiger partial charge in [-0.15, -0.1) is 0 Å². The Morgan fingerprint density at radius 2 is 1.85 bits per heavy atom. The standard InChI is InChI=1S/C18H31NO/c1-4-6-7-16(5-2)13-20-14-17-8-10-18(11-9-17)15(3)12-19/h8-11,15-16H,4-7,12-14,19H2,1-3H3. The van der Waals surface area contributed by atoms with Gasteiger partial charge in [0.25, 0.3) is 0 Å². The first kappa shape index (κ1) is 17.2. The van der Waals surface area contributed by atoms with Crippen molar-refractivity contribution < 1.29 is 4.74 Å². The summed E-state index contributed by atoms with van der Waals surface area (Å²) in [5.41, 5.74) is 8.25. The van der Waals surface area contributed by atoms with E-state index in [0.717, 1.165) is 13.2 Å². The van der Waals surface area contributed by atoms with Crippen LogP contribution in [0.25, 0.3) is 0 Å². The van der Waals surface area contributed by atoms with Crippen molar-refractivity contribution in [3.63, 3.8) is 0 Å². The Bertz CT molecular complexity index is 347.